The maximum absolute atomic E-state index is 12.8. The van der Waals surface area contributed by atoms with Crippen molar-refractivity contribution in [2.75, 3.05) is 13.2 Å². The molecule has 0 bridgehead atoms. The molecule has 0 radical (unpaired) electrons. The SMILES string of the molecule is CCC(C)C1NCN(CC(F)(F)C(F)F)C1=O. The molecule has 1 heterocycles. The zero-order valence-corrected chi connectivity index (χ0v) is 9.72. The van der Waals surface area contributed by atoms with E-state index >= 15 is 0 Å². The van der Waals surface area contributed by atoms with E-state index in [-0.39, 0.29) is 12.6 Å². The highest BCUT2D eigenvalue weighted by Crippen LogP contribution is 2.26. The number of hydrogen-bond donors (Lipinski definition) is 1. The van der Waals surface area contributed by atoms with Crippen LogP contribution in [0.25, 0.3) is 0 Å². The summed E-state index contributed by atoms with van der Waals surface area (Å²) < 4.78 is 49.6. The van der Waals surface area contributed by atoms with Crippen LogP contribution in [0, 0.1) is 5.92 Å². The van der Waals surface area contributed by atoms with E-state index in [0.29, 0.717) is 6.42 Å². The van der Waals surface area contributed by atoms with Crippen LogP contribution in [0.2, 0.25) is 0 Å². The topological polar surface area (TPSA) is 32.3 Å². The van der Waals surface area contributed by atoms with E-state index in [1.54, 1.807) is 0 Å². The summed E-state index contributed by atoms with van der Waals surface area (Å²) in [5.41, 5.74) is 0. The fourth-order valence-electron chi connectivity index (χ4n) is 1.71. The number of hydrogen-bond acceptors (Lipinski definition) is 2. The number of rotatable bonds is 5. The molecule has 1 saturated heterocycles. The van der Waals surface area contributed by atoms with Gasteiger partial charge in [0, 0.05) is 0 Å². The highest BCUT2D eigenvalue weighted by atomic mass is 19.3. The standard InChI is InChI=1S/C10H16F4N2O/c1-3-6(2)7-8(17)16(5-15-7)4-10(13,14)9(11)12/h6-7,9,15H,3-5H2,1-2H3. The fourth-order valence-corrected chi connectivity index (χ4v) is 1.71. The Labute approximate surface area is 97.2 Å². The van der Waals surface area contributed by atoms with Crippen LogP contribution >= 0.6 is 0 Å². The van der Waals surface area contributed by atoms with Gasteiger partial charge in [-0.2, -0.15) is 8.78 Å². The van der Waals surface area contributed by atoms with Crippen molar-refractivity contribution in [3.63, 3.8) is 0 Å². The third-order valence-electron chi connectivity index (χ3n) is 3.01. The molecule has 0 aromatic heterocycles. The zero-order valence-electron chi connectivity index (χ0n) is 9.72. The van der Waals surface area contributed by atoms with Crippen molar-refractivity contribution in [2.45, 2.75) is 38.7 Å². The molecule has 1 aliphatic rings. The summed E-state index contributed by atoms with van der Waals surface area (Å²) in [5.74, 6) is -4.69. The minimum absolute atomic E-state index is 0.00678. The molecule has 1 N–H and O–H groups in total. The first-order chi connectivity index (χ1) is 7.79. The highest BCUT2D eigenvalue weighted by molar-refractivity contribution is 5.84. The number of alkyl halides is 4. The lowest BCUT2D eigenvalue weighted by Crippen LogP contribution is -2.44. The fraction of sp³-hybridized carbons (Fsp3) is 0.900. The molecule has 0 saturated carbocycles. The summed E-state index contributed by atoms with van der Waals surface area (Å²) >= 11 is 0. The largest absolute Gasteiger partial charge is 0.324 e. The average molecular weight is 256 g/mol. The van der Waals surface area contributed by atoms with Crippen LogP contribution in [0.15, 0.2) is 0 Å². The van der Waals surface area contributed by atoms with Gasteiger partial charge in [0.2, 0.25) is 5.91 Å². The van der Waals surface area contributed by atoms with Crippen molar-refractivity contribution in [1.29, 1.82) is 0 Å². The maximum atomic E-state index is 12.8. The second kappa shape index (κ2) is 5.20. The van der Waals surface area contributed by atoms with Crippen LogP contribution in [-0.4, -0.2) is 42.4 Å². The Bertz CT molecular complexity index is 285. The Morgan fingerprint density at radius 2 is 2.12 bits per heavy atom. The third kappa shape index (κ3) is 3.08. The number of nitrogens with zero attached hydrogens (tertiary/aromatic N) is 1. The molecular formula is C10H16F4N2O. The summed E-state index contributed by atoms with van der Waals surface area (Å²) in [5, 5.41) is 2.77. The van der Waals surface area contributed by atoms with Gasteiger partial charge in [0.05, 0.1) is 19.3 Å². The van der Waals surface area contributed by atoms with Crippen LogP contribution in [0.4, 0.5) is 17.6 Å². The van der Waals surface area contributed by atoms with E-state index in [4.69, 9.17) is 0 Å². The minimum Gasteiger partial charge on any atom is -0.322 e. The van der Waals surface area contributed by atoms with Crippen molar-refractivity contribution in [2.24, 2.45) is 5.92 Å². The van der Waals surface area contributed by atoms with Gasteiger partial charge in [0.1, 0.15) is 0 Å². The van der Waals surface area contributed by atoms with Gasteiger partial charge >= 0.3 is 12.3 Å². The van der Waals surface area contributed by atoms with Gasteiger partial charge in [-0.3, -0.25) is 10.1 Å². The molecule has 1 fully saturated rings. The summed E-state index contributed by atoms with van der Waals surface area (Å²) in [6, 6.07) is -0.548. The van der Waals surface area contributed by atoms with E-state index in [1.807, 2.05) is 13.8 Å². The number of nitrogens with one attached hydrogen (secondary N) is 1. The normalized spacial score (nSPS) is 23.6. The van der Waals surface area contributed by atoms with Crippen molar-refractivity contribution in [3.05, 3.63) is 0 Å². The summed E-state index contributed by atoms with van der Waals surface area (Å²) in [4.78, 5) is 12.4. The first-order valence-electron chi connectivity index (χ1n) is 5.47. The third-order valence-corrected chi connectivity index (χ3v) is 3.01. The van der Waals surface area contributed by atoms with E-state index < -0.39 is 30.8 Å². The molecule has 17 heavy (non-hydrogen) atoms. The lowest BCUT2D eigenvalue weighted by molar-refractivity contribution is -0.154. The summed E-state index contributed by atoms with van der Waals surface area (Å²) in [6.45, 7) is 2.35. The molecule has 0 aliphatic carbocycles. The van der Waals surface area contributed by atoms with E-state index in [1.165, 1.54) is 0 Å². The van der Waals surface area contributed by atoms with Crippen LogP contribution in [0.1, 0.15) is 20.3 Å². The molecular weight excluding hydrogens is 240 g/mol. The molecule has 0 aromatic rings. The van der Waals surface area contributed by atoms with Crippen LogP contribution in [-0.2, 0) is 4.79 Å². The maximum Gasteiger partial charge on any atom is 0.324 e. The second-order valence-corrected chi connectivity index (χ2v) is 4.32. The Morgan fingerprint density at radius 1 is 1.53 bits per heavy atom. The molecule has 3 nitrogen and oxygen atoms in total. The minimum atomic E-state index is -4.15. The van der Waals surface area contributed by atoms with Crippen LogP contribution in [0.3, 0.4) is 0 Å². The number of carbonyl (C=O) groups excluding carboxylic acids is 1. The molecule has 0 spiro atoms. The first kappa shape index (κ1) is 14.2. The average Bonchev–Trinajstić information content (AvgIpc) is 2.59. The number of amides is 1. The number of carbonyl (C=O) groups is 1. The van der Waals surface area contributed by atoms with E-state index in [2.05, 4.69) is 5.32 Å². The molecule has 1 rings (SSSR count). The lowest BCUT2D eigenvalue weighted by atomic mass is 9.99. The summed E-state index contributed by atoms with van der Waals surface area (Å²) in [6.07, 6.45) is -3.04. The van der Waals surface area contributed by atoms with Crippen molar-refractivity contribution in [1.82, 2.24) is 10.2 Å². The number of halogens is 4. The van der Waals surface area contributed by atoms with Crippen molar-refractivity contribution < 1.29 is 22.4 Å². The van der Waals surface area contributed by atoms with Crippen molar-refractivity contribution in [3.8, 4) is 0 Å². The van der Waals surface area contributed by atoms with Crippen LogP contribution in [0.5, 0.6) is 0 Å². The Hall–Kier alpha value is -0.850. The van der Waals surface area contributed by atoms with Gasteiger partial charge in [-0.05, 0) is 5.92 Å². The monoisotopic (exact) mass is 256 g/mol. The van der Waals surface area contributed by atoms with Gasteiger partial charge in [0.25, 0.3) is 0 Å². The smallest absolute Gasteiger partial charge is 0.322 e. The molecule has 2 unspecified atom stereocenters. The predicted molar refractivity (Wildman–Crippen MR) is 53.9 cm³/mol. The second-order valence-electron chi connectivity index (χ2n) is 4.32. The van der Waals surface area contributed by atoms with Crippen molar-refractivity contribution >= 4 is 5.91 Å². The molecule has 0 aromatic carbocycles. The highest BCUT2D eigenvalue weighted by Gasteiger charge is 2.46. The summed E-state index contributed by atoms with van der Waals surface area (Å²) in [7, 11) is 0. The van der Waals surface area contributed by atoms with E-state index in [0.717, 1.165) is 4.90 Å². The predicted octanol–water partition coefficient (Wildman–Crippen LogP) is 1.69. The van der Waals surface area contributed by atoms with Crippen LogP contribution < -0.4 is 5.32 Å². The van der Waals surface area contributed by atoms with Gasteiger partial charge in [-0.25, -0.2) is 8.78 Å². The quantitative estimate of drug-likeness (QED) is 0.759. The van der Waals surface area contributed by atoms with Gasteiger partial charge < -0.3 is 4.90 Å². The zero-order chi connectivity index (χ0) is 13.2. The Balaban J connectivity index is 2.62. The lowest BCUT2D eigenvalue weighted by Gasteiger charge is -2.23. The van der Waals surface area contributed by atoms with Gasteiger partial charge in [-0.1, -0.05) is 20.3 Å². The van der Waals surface area contributed by atoms with Gasteiger partial charge in [-0.15, -0.1) is 0 Å². The van der Waals surface area contributed by atoms with E-state index in [9.17, 15) is 22.4 Å². The van der Waals surface area contributed by atoms with Gasteiger partial charge in [0.15, 0.2) is 0 Å². The molecule has 2 atom stereocenters. The first-order valence-corrected chi connectivity index (χ1v) is 5.47. The Kier molecular flexibility index (Phi) is 4.35. The molecule has 7 heteroatoms. The Morgan fingerprint density at radius 3 is 2.59 bits per heavy atom. The molecule has 100 valence electrons. The molecule has 1 aliphatic heterocycles. The molecule has 1 amide bonds.